The molecular weight excluding hydrogens is 432 g/mol. The lowest BCUT2D eigenvalue weighted by Gasteiger charge is -2.32. The van der Waals surface area contributed by atoms with Crippen molar-refractivity contribution in [3.8, 4) is 0 Å². The fraction of sp³-hybridized carbons (Fsp3) is 0.423. The van der Waals surface area contributed by atoms with Crippen molar-refractivity contribution in [2.45, 2.75) is 39.0 Å². The van der Waals surface area contributed by atoms with Gasteiger partial charge in [-0.1, -0.05) is 54.7 Å². The maximum Gasteiger partial charge on any atom is 0.225 e. The third-order valence-electron chi connectivity index (χ3n) is 6.21. The fourth-order valence-electron chi connectivity index (χ4n) is 4.30. The number of likely N-dealkylation sites (tertiary alicyclic amines) is 1. The van der Waals surface area contributed by atoms with E-state index in [1.165, 1.54) is 36.2 Å². The molecule has 2 N–H and O–H groups in total. The molecular formula is C26H32N4O2S. The molecule has 1 saturated heterocycles. The Labute approximate surface area is 199 Å². The third kappa shape index (κ3) is 6.85. The molecule has 4 rings (SSSR count). The number of benzene rings is 2. The number of anilines is 1. The average molecular weight is 465 g/mol. The molecule has 1 aromatic heterocycles. The third-order valence-corrected chi connectivity index (χ3v) is 7.14. The van der Waals surface area contributed by atoms with Crippen LogP contribution in [-0.2, 0) is 22.4 Å². The molecule has 174 valence electrons. The Hall–Kier alpha value is -2.77. The highest BCUT2D eigenvalue weighted by Crippen LogP contribution is 2.27. The summed E-state index contributed by atoms with van der Waals surface area (Å²) in [4.78, 5) is 30.9. The molecule has 1 fully saturated rings. The smallest absolute Gasteiger partial charge is 0.225 e. The molecule has 0 unspecified atom stereocenters. The Bertz CT molecular complexity index is 1070. The van der Waals surface area contributed by atoms with Crippen LogP contribution in [0.3, 0.4) is 0 Å². The summed E-state index contributed by atoms with van der Waals surface area (Å²) in [5, 5.41) is 6.47. The van der Waals surface area contributed by atoms with Crippen LogP contribution in [0.2, 0.25) is 0 Å². The van der Waals surface area contributed by atoms with E-state index in [2.05, 4.69) is 50.8 Å². The SMILES string of the molecule is CCC(=O)Nc1nc2ccc(CC(=O)NCCN3CCC(Cc4ccccc4)CC3)cc2s1. The number of hydrogen-bond acceptors (Lipinski definition) is 5. The topological polar surface area (TPSA) is 74.3 Å². The van der Waals surface area contributed by atoms with Gasteiger partial charge in [-0.3, -0.25) is 9.59 Å². The average Bonchev–Trinajstić information content (AvgIpc) is 3.22. The van der Waals surface area contributed by atoms with Gasteiger partial charge in [-0.05, 0) is 61.5 Å². The van der Waals surface area contributed by atoms with Crippen LogP contribution in [0, 0.1) is 5.92 Å². The minimum Gasteiger partial charge on any atom is -0.355 e. The van der Waals surface area contributed by atoms with Crippen LogP contribution in [-0.4, -0.2) is 47.9 Å². The van der Waals surface area contributed by atoms with Crippen molar-refractivity contribution >= 4 is 38.5 Å². The summed E-state index contributed by atoms with van der Waals surface area (Å²) in [6.45, 7) is 5.60. The van der Waals surface area contributed by atoms with Crippen LogP contribution in [0.25, 0.3) is 10.2 Å². The number of carbonyl (C=O) groups excluding carboxylic acids is 2. The van der Waals surface area contributed by atoms with E-state index in [9.17, 15) is 9.59 Å². The Morgan fingerprint density at radius 1 is 1.06 bits per heavy atom. The van der Waals surface area contributed by atoms with E-state index in [0.29, 0.717) is 24.5 Å². The highest BCUT2D eigenvalue weighted by molar-refractivity contribution is 7.22. The first-order valence-corrected chi connectivity index (χ1v) is 12.6. The first-order valence-electron chi connectivity index (χ1n) is 11.8. The van der Waals surface area contributed by atoms with E-state index in [4.69, 9.17) is 0 Å². The number of piperidine rings is 1. The van der Waals surface area contributed by atoms with Gasteiger partial charge in [0.1, 0.15) is 0 Å². The molecule has 2 amide bonds. The largest absolute Gasteiger partial charge is 0.355 e. The number of amides is 2. The second-order valence-corrected chi connectivity index (χ2v) is 9.75. The van der Waals surface area contributed by atoms with Crippen molar-refractivity contribution in [1.29, 1.82) is 0 Å². The lowest BCUT2D eigenvalue weighted by molar-refractivity contribution is -0.120. The van der Waals surface area contributed by atoms with E-state index in [1.807, 2.05) is 25.1 Å². The van der Waals surface area contributed by atoms with Gasteiger partial charge in [0.05, 0.1) is 16.6 Å². The van der Waals surface area contributed by atoms with E-state index in [1.54, 1.807) is 0 Å². The van der Waals surface area contributed by atoms with Crippen LogP contribution in [0.5, 0.6) is 0 Å². The quantitative estimate of drug-likeness (QED) is 0.496. The Kier molecular flexibility index (Phi) is 8.07. The van der Waals surface area contributed by atoms with Crippen LogP contribution < -0.4 is 10.6 Å². The van der Waals surface area contributed by atoms with Gasteiger partial charge in [0.15, 0.2) is 5.13 Å². The lowest BCUT2D eigenvalue weighted by Crippen LogP contribution is -2.40. The summed E-state index contributed by atoms with van der Waals surface area (Å²) >= 11 is 1.44. The number of rotatable bonds is 9. The number of nitrogens with zero attached hydrogens (tertiary/aromatic N) is 2. The van der Waals surface area contributed by atoms with E-state index in [0.717, 1.165) is 41.3 Å². The zero-order valence-corrected chi connectivity index (χ0v) is 20.0. The number of aromatic nitrogens is 1. The van der Waals surface area contributed by atoms with Crippen molar-refractivity contribution in [2.75, 3.05) is 31.5 Å². The zero-order valence-electron chi connectivity index (χ0n) is 19.2. The summed E-state index contributed by atoms with van der Waals surface area (Å²) in [7, 11) is 0. The van der Waals surface area contributed by atoms with Crippen LogP contribution >= 0.6 is 11.3 Å². The summed E-state index contributed by atoms with van der Waals surface area (Å²) in [6.07, 6.45) is 4.38. The fourth-order valence-corrected chi connectivity index (χ4v) is 5.25. The molecule has 2 aromatic carbocycles. The molecule has 0 radical (unpaired) electrons. The lowest BCUT2D eigenvalue weighted by atomic mass is 9.90. The van der Waals surface area contributed by atoms with Gasteiger partial charge < -0.3 is 15.5 Å². The van der Waals surface area contributed by atoms with Crippen molar-refractivity contribution in [3.05, 3.63) is 59.7 Å². The standard InChI is InChI=1S/C26H32N4O2S/c1-2-24(31)29-26-28-22-9-8-21(17-23(22)33-26)18-25(32)27-12-15-30-13-10-20(11-14-30)16-19-6-4-3-5-7-19/h3-9,17,20H,2,10-16,18H2,1H3,(H,27,32)(H,28,29,31). The molecule has 1 aliphatic heterocycles. The van der Waals surface area contributed by atoms with Gasteiger partial charge in [0.25, 0.3) is 0 Å². The molecule has 3 aromatic rings. The summed E-state index contributed by atoms with van der Waals surface area (Å²) in [5.74, 6) is 0.752. The number of nitrogens with one attached hydrogen (secondary N) is 2. The van der Waals surface area contributed by atoms with Gasteiger partial charge in [-0.2, -0.15) is 0 Å². The molecule has 0 spiro atoms. The molecule has 0 atom stereocenters. The normalized spacial score (nSPS) is 14.9. The minimum atomic E-state index is -0.0471. The molecule has 0 bridgehead atoms. The van der Waals surface area contributed by atoms with Gasteiger partial charge >= 0.3 is 0 Å². The molecule has 2 heterocycles. The van der Waals surface area contributed by atoms with E-state index < -0.39 is 0 Å². The monoisotopic (exact) mass is 464 g/mol. The molecule has 33 heavy (non-hydrogen) atoms. The number of fused-ring (bicyclic) bond motifs is 1. The van der Waals surface area contributed by atoms with Crippen LogP contribution in [0.1, 0.15) is 37.3 Å². The highest BCUT2D eigenvalue weighted by atomic mass is 32.1. The van der Waals surface area contributed by atoms with Crippen LogP contribution in [0.15, 0.2) is 48.5 Å². The van der Waals surface area contributed by atoms with Gasteiger partial charge in [-0.25, -0.2) is 4.98 Å². The Balaban J connectivity index is 1.17. The number of carbonyl (C=O) groups is 2. The molecule has 6 nitrogen and oxygen atoms in total. The van der Waals surface area contributed by atoms with E-state index >= 15 is 0 Å². The number of thiazole rings is 1. The maximum absolute atomic E-state index is 12.4. The molecule has 0 saturated carbocycles. The highest BCUT2D eigenvalue weighted by Gasteiger charge is 2.19. The molecule has 7 heteroatoms. The Morgan fingerprint density at radius 3 is 2.61 bits per heavy atom. The second kappa shape index (κ2) is 11.4. The minimum absolute atomic E-state index is 0.0392. The zero-order chi connectivity index (χ0) is 23.0. The predicted octanol–water partition coefficient (Wildman–Crippen LogP) is 4.26. The first kappa shape index (κ1) is 23.4. The molecule has 1 aliphatic rings. The van der Waals surface area contributed by atoms with Gasteiger partial charge in [0, 0.05) is 19.5 Å². The molecule has 0 aliphatic carbocycles. The summed E-state index contributed by atoms with van der Waals surface area (Å²) in [6, 6.07) is 16.6. The van der Waals surface area contributed by atoms with Crippen molar-refractivity contribution < 1.29 is 9.59 Å². The van der Waals surface area contributed by atoms with Crippen molar-refractivity contribution in [3.63, 3.8) is 0 Å². The predicted molar refractivity (Wildman–Crippen MR) is 135 cm³/mol. The van der Waals surface area contributed by atoms with E-state index in [-0.39, 0.29) is 11.8 Å². The maximum atomic E-state index is 12.4. The summed E-state index contributed by atoms with van der Waals surface area (Å²) in [5.41, 5.74) is 3.23. The van der Waals surface area contributed by atoms with Crippen molar-refractivity contribution in [2.24, 2.45) is 5.92 Å². The second-order valence-electron chi connectivity index (χ2n) is 8.72. The van der Waals surface area contributed by atoms with Gasteiger partial charge in [-0.15, -0.1) is 0 Å². The summed E-state index contributed by atoms with van der Waals surface area (Å²) < 4.78 is 0.977. The van der Waals surface area contributed by atoms with Gasteiger partial charge in [0.2, 0.25) is 11.8 Å². The van der Waals surface area contributed by atoms with Crippen molar-refractivity contribution in [1.82, 2.24) is 15.2 Å². The Morgan fingerprint density at radius 2 is 1.85 bits per heavy atom. The first-order chi connectivity index (χ1) is 16.1. The number of hydrogen-bond donors (Lipinski definition) is 2. The van der Waals surface area contributed by atoms with Crippen LogP contribution in [0.4, 0.5) is 5.13 Å².